The van der Waals surface area contributed by atoms with Gasteiger partial charge < -0.3 is 0 Å². The Morgan fingerprint density at radius 3 is 2.53 bits per heavy atom. The van der Waals surface area contributed by atoms with Crippen molar-refractivity contribution >= 4 is 55.6 Å². The molecule has 1 aliphatic heterocycles. The van der Waals surface area contributed by atoms with Crippen molar-refractivity contribution in [2.24, 2.45) is 10.8 Å². The molecule has 2 aromatic carbocycles. The maximum atomic E-state index is 13.5. The summed E-state index contributed by atoms with van der Waals surface area (Å²) in [7, 11) is -3.65. The van der Waals surface area contributed by atoms with Crippen LogP contribution >= 0.6 is 34.5 Å². The van der Waals surface area contributed by atoms with E-state index in [-0.39, 0.29) is 27.7 Å². The molecule has 1 N–H and O–H groups in total. The second kappa shape index (κ2) is 9.10. The zero-order valence-electron chi connectivity index (χ0n) is 20.2. The van der Waals surface area contributed by atoms with Gasteiger partial charge in [-0.1, -0.05) is 44.0 Å². The number of hydrogen-bond donors (Lipinski definition) is 1. The molecule has 36 heavy (non-hydrogen) atoms. The number of carbonyl (C=O) groups is 1. The first-order chi connectivity index (χ1) is 16.9. The van der Waals surface area contributed by atoms with Gasteiger partial charge in [0.25, 0.3) is 5.91 Å². The Bertz CT molecular complexity index is 1440. The Morgan fingerprint density at radius 1 is 1.11 bits per heavy atom. The molecule has 5 rings (SSSR count). The second-order valence-corrected chi connectivity index (χ2v) is 14.5. The molecule has 0 radical (unpaired) electrons. The van der Waals surface area contributed by atoms with Crippen LogP contribution in [0.5, 0.6) is 0 Å². The highest BCUT2D eigenvalue weighted by atomic mass is 35.5. The third-order valence-corrected chi connectivity index (χ3v) is 10.2. The Balaban J connectivity index is 1.30. The van der Waals surface area contributed by atoms with Crippen LogP contribution in [-0.2, 0) is 10.0 Å². The minimum absolute atomic E-state index is 0.00210. The molecule has 2 bridgehead atoms. The predicted octanol–water partition coefficient (Wildman–Crippen LogP) is 6.96. The molecule has 2 unspecified atom stereocenters. The number of nitrogens with zero attached hydrogens (tertiary/aromatic N) is 2. The summed E-state index contributed by atoms with van der Waals surface area (Å²) in [6, 6.07) is 11.3. The highest BCUT2D eigenvalue weighted by Crippen LogP contribution is 2.53. The summed E-state index contributed by atoms with van der Waals surface area (Å²) in [5, 5.41) is 6.00. The Labute approximate surface area is 225 Å². The maximum Gasteiger partial charge on any atom is 0.257 e. The molecule has 2 heterocycles. The lowest BCUT2D eigenvalue weighted by atomic mass is 9.65. The molecule has 2 atom stereocenters. The number of sulfonamides is 1. The number of thiazole rings is 1. The van der Waals surface area contributed by atoms with Crippen molar-refractivity contribution in [3.05, 3.63) is 63.5 Å². The number of nitrogens with one attached hydrogen (secondary N) is 1. The number of halogens is 2. The number of aromatic nitrogens is 1. The fraction of sp³-hybridized carbons (Fsp3) is 0.385. The average Bonchev–Trinajstić information content (AvgIpc) is 3.34. The molecule has 1 amide bonds. The number of amides is 1. The minimum Gasteiger partial charge on any atom is -0.298 e. The number of benzene rings is 2. The first-order valence-electron chi connectivity index (χ1n) is 11.7. The normalized spacial score (nSPS) is 23.5. The van der Waals surface area contributed by atoms with Crippen LogP contribution in [0.3, 0.4) is 0 Å². The Kier molecular flexibility index (Phi) is 6.49. The van der Waals surface area contributed by atoms with Gasteiger partial charge in [0.1, 0.15) is 0 Å². The fourth-order valence-electron chi connectivity index (χ4n) is 5.92. The van der Waals surface area contributed by atoms with E-state index >= 15 is 0 Å². The van der Waals surface area contributed by atoms with Crippen molar-refractivity contribution in [1.29, 1.82) is 0 Å². The van der Waals surface area contributed by atoms with Crippen molar-refractivity contribution in [3.63, 3.8) is 0 Å². The molecular formula is C26H27Cl2N3O3S2. The summed E-state index contributed by atoms with van der Waals surface area (Å²) in [5.41, 5.74) is 1.83. The van der Waals surface area contributed by atoms with E-state index in [2.05, 4.69) is 31.1 Å². The van der Waals surface area contributed by atoms with Gasteiger partial charge in [-0.2, -0.15) is 4.31 Å². The highest BCUT2D eigenvalue weighted by molar-refractivity contribution is 7.89. The molecule has 10 heteroatoms. The van der Waals surface area contributed by atoms with Crippen LogP contribution in [0.1, 0.15) is 50.4 Å². The van der Waals surface area contributed by atoms with Gasteiger partial charge >= 0.3 is 0 Å². The van der Waals surface area contributed by atoms with Crippen LogP contribution in [0.4, 0.5) is 5.13 Å². The molecule has 1 aliphatic carbocycles. The average molecular weight is 565 g/mol. The van der Waals surface area contributed by atoms with E-state index in [1.807, 2.05) is 0 Å². The van der Waals surface area contributed by atoms with E-state index < -0.39 is 10.0 Å². The molecule has 1 saturated heterocycles. The van der Waals surface area contributed by atoms with Gasteiger partial charge in [-0.05, 0) is 72.6 Å². The molecule has 1 aromatic heterocycles. The van der Waals surface area contributed by atoms with E-state index in [0.717, 1.165) is 24.8 Å². The lowest BCUT2D eigenvalue weighted by molar-refractivity contribution is 0.102. The van der Waals surface area contributed by atoms with Gasteiger partial charge in [-0.15, -0.1) is 11.3 Å². The second-order valence-electron chi connectivity index (χ2n) is 10.9. The fourth-order valence-corrected chi connectivity index (χ4v) is 8.91. The number of anilines is 1. The van der Waals surface area contributed by atoms with Crippen LogP contribution in [0.2, 0.25) is 10.0 Å². The molecular weight excluding hydrogens is 537 g/mol. The highest BCUT2D eigenvalue weighted by Gasteiger charge is 2.53. The number of rotatable bonds is 5. The molecule has 6 nitrogen and oxygen atoms in total. The molecule has 1 saturated carbocycles. The molecule has 0 spiro atoms. The molecule has 2 fully saturated rings. The van der Waals surface area contributed by atoms with Crippen LogP contribution in [0.15, 0.2) is 52.7 Å². The topological polar surface area (TPSA) is 79.4 Å². The van der Waals surface area contributed by atoms with E-state index in [9.17, 15) is 13.2 Å². The molecule has 2 aliphatic rings. The van der Waals surface area contributed by atoms with Crippen LogP contribution in [0.25, 0.3) is 11.3 Å². The predicted molar refractivity (Wildman–Crippen MR) is 145 cm³/mol. The van der Waals surface area contributed by atoms with Crippen LogP contribution < -0.4 is 5.32 Å². The zero-order valence-corrected chi connectivity index (χ0v) is 23.4. The van der Waals surface area contributed by atoms with Gasteiger partial charge in [0.2, 0.25) is 10.0 Å². The summed E-state index contributed by atoms with van der Waals surface area (Å²) in [6.07, 6.45) is 2.77. The number of hydrogen-bond acceptors (Lipinski definition) is 5. The van der Waals surface area contributed by atoms with Crippen molar-refractivity contribution in [2.45, 2.75) is 51.0 Å². The van der Waals surface area contributed by atoms with Crippen LogP contribution in [0, 0.1) is 10.8 Å². The first-order valence-corrected chi connectivity index (χ1v) is 14.8. The number of carbonyl (C=O) groups excluding carboxylic acids is 1. The van der Waals surface area contributed by atoms with Gasteiger partial charge in [0.05, 0.1) is 15.6 Å². The van der Waals surface area contributed by atoms with Gasteiger partial charge in [0, 0.05) is 34.1 Å². The summed E-state index contributed by atoms with van der Waals surface area (Å²) in [5.74, 6) is -0.367. The zero-order chi connectivity index (χ0) is 25.9. The Morgan fingerprint density at radius 2 is 1.83 bits per heavy atom. The standard InChI is InChI=1S/C26H27Cl2N3O3S2/c1-25(2)11-18-12-26(3,14-25)15-31(18)36(33,34)19-7-4-16(5-8-19)23(32)30-24-29-22(13-35-24)20-9-6-17(27)10-21(20)28/h4-10,13,18H,11-12,14-15H2,1-3H3,(H,29,30,32). The van der Waals surface area contributed by atoms with Crippen molar-refractivity contribution in [1.82, 2.24) is 9.29 Å². The van der Waals surface area contributed by atoms with E-state index in [4.69, 9.17) is 23.2 Å². The van der Waals surface area contributed by atoms with Gasteiger partial charge in [-0.25, -0.2) is 13.4 Å². The van der Waals surface area contributed by atoms with Crippen LogP contribution in [-0.4, -0.2) is 36.2 Å². The lowest BCUT2D eigenvalue weighted by Gasteiger charge is -2.39. The summed E-state index contributed by atoms with van der Waals surface area (Å²) >= 11 is 13.5. The monoisotopic (exact) mass is 563 g/mol. The van der Waals surface area contributed by atoms with Crippen molar-refractivity contribution in [3.8, 4) is 11.3 Å². The van der Waals surface area contributed by atoms with Gasteiger partial charge in [-0.3, -0.25) is 10.1 Å². The third-order valence-electron chi connectivity index (χ3n) is 7.02. The molecule has 3 aromatic rings. The quantitative estimate of drug-likeness (QED) is 0.364. The first kappa shape index (κ1) is 25.7. The van der Waals surface area contributed by atoms with Crippen molar-refractivity contribution in [2.75, 3.05) is 11.9 Å². The van der Waals surface area contributed by atoms with Gasteiger partial charge in [0.15, 0.2) is 5.13 Å². The van der Waals surface area contributed by atoms with Crippen molar-refractivity contribution < 1.29 is 13.2 Å². The minimum atomic E-state index is -3.65. The van der Waals surface area contributed by atoms with E-state index in [1.54, 1.807) is 40.0 Å². The van der Waals surface area contributed by atoms with E-state index in [1.165, 1.54) is 23.5 Å². The lowest BCUT2D eigenvalue weighted by Crippen LogP contribution is -2.37. The SMILES string of the molecule is CC1(C)CC2CC(C)(CN2S(=O)(=O)c2ccc(C(=O)Nc3nc(-c4ccc(Cl)cc4Cl)cs3)cc2)C1. The van der Waals surface area contributed by atoms with E-state index in [0.29, 0.717) is 33.0 Å². The number of fused-ring (bicyclic) bond motifs is 2. The molecule has 190 valence electrons. The maximum absolute atomic E-state index is 13.5. The Hall–Kier alpha value is -1.97. The summed E-state index contributed by atoms with van der Waals surface area (Å²) in [4.78, 5) is 17.5. The summed E-state index contributed by atoms with van der Waals surface area (Å²) < 4.78 is 28.6. The summed E-state index contributed by atoms with van der Waals surface area (Å²) in [6.45, 7) is 7.16. The largest absolute Gasteiger partial charge is 0.298 e. The third kappa shape index (κ3) is 4.94. The smallest absolute Gasteiger partial charge is 0.257 e.